The van der Waals surface area contributed by atoms with Crippen LogP contribution in [-0.4, -0.2) is 28.7 Å². The van der Waals surface area contributed by atoms with Crippen molar-refractivity contribution in [3.63, 3.8) is 0 Å². The van der Waals surface area contributed by atoms with E-state index in [0.29, 0.717) is 31.4 Å². The lowest BCUT2D eigenvalue weighted by Crippen LogP contribution is -2.44. The molecule has 0 unspecified atom stereocenters. The molecule has 5 heteroatoms. The number of amides is 2. The summed E-state index contributed by atoms with van der Waals surface area (Å²) in [5.41, 5.74) is 5.81. The van der Waals surface area contributed by atoms with Gasteiger partial charge in [0.05, 0.1) is 17.8 Å². The summed E-state index contributed by atoms with van der Waals surface area (Å²) in [5.74, 6) is -0.765. The molecule has 0 spiro atoms. The Morgan fingerprint density at radius 1 is 0.730 bits per heavy atom. The van der Waals surface area contributed by atoms with E-state index in [1.54, 1.807) is 11.0 Å². The number of imide groups is 1. The molecule has 2 fully saturated rings. The molecule has 3 aromatic carbocycles. The molecular formula is C32H29NO4. The summed E-state index contributed by atoms with van der Waals surface area (Å²) in [6, 6.07) is 24.0. The summed E-state index contributed by atoms with van der Waals surface area (Å²) >= 11 is 0. The highest BCUT2D eigenvalue weighted by Gasteiger charge is 2.62. The van der Waals surface area contributed by atoms with Crippen molar-refractivity contribution < 1.29 is 19.1 Å². The number of aryl methyl sites for hydroxylation is 1. The fraction of sp³-hybridized carbons (Fsp3) is 0.344. The minimum absolute atomic E-state index is 0.0280. The van der Waals surface area contributed by atoms with E-state index in [4.69, 9.17) is 4.74 Å². The molecule has 2 bridgehead atoms. The Balaban J connectivity index is 1.12. The zero-order valence-corrected chi connectivity index (χ0v) is 20.8. The first-order chi connectivity index (χ1) is 18.0. The number of carbonyl (C=O) groups excluding carboxylic acids is 3. The average Bonchev–Trinajstić information content (AvgIpc) is 3.19. The monoisotopic (exact) mass is 491 g/mol. The molecule has 5 nitrogen and oxygen atoms in total. The maximum Gasteiger partial charge on any atom is 0.314 e. The number of rotatable bonds is 3. The lowest BCUT2D eigenvalue weighted by atomic mass is 9.55. The van der Waals surface area contributed by atoms with Crippen LogP contribution in [0.15, 0.2) is 72.8 Å². The van der Waals surface area contributed by atoms with Gasteiger partial charge in [0.2, 0.25) is 11.8 Å². The third-order valence-corrected chi connectivity index (χ3v) is 9.09. The minimum atomic E-state index is -0.341. The molecule has 186 valence electrons. The summed E-state index contributed by atoms with van der Waals surface area (Å²) in [6.07, 6.45) is 2.52. The summed E-state index contributed by atoms with van der Waals surface area (Å²) in [7, 11) is 0. The number of ether oxygens (including phenoxy) is 1. The van der Waals surface area contributed by atoms with Gasteiger partial charge in [-0.2, -0.15) is 0 Å². The Morgan fingerprint density at radius 3 is 1.73 bits per heavy atom. The number of benzene rings is 3. The molecule has 8 rings (SSSR count). The van der Waals surface area contributed by atoms with Gasteiger partial charge in [-0.05, 0) is 72.6 Å². The molecule has 2 amide bonds. The van der Waals surface area contributed by atoms with Gasteiger partial charge in [-0.15, -0.1) is 0 Å². The summed E-state index contributed by atoms with van der Waals surface area (Å²) < 4.78 is 5.64. The maximum atomic E-state index is 14.0. The molecule has 3 aromatic rings. The second-order valence-electron chi connectivity index (χ2n) is 11.1. The third kappa shape index (κ3) is 3.33. The van der Waals surface area contributed by atoms with E-state index in [1.807, 2.05) is 49.4 Å². The molecule has 1 saturated carbocycles. The van der Waals surface area contributed by atoms with Crippen LogP contribution in [0.2, 0.25) is 0 Å². The molecule has 0 radical (unpaired) electrons. The highest BCUT2D eigenvalue weighted by atomic mass is 16.5. The van der Waals surface area contributed by atoms with Gasteiger partial charge >= 0.3 is 5.97 Å². The Labute approximate surface area is 216 Å². The predicted molar refractivity (Wildman–Crippen MR) is 138 cm³/mol. The van der Waals surface area contributed by atoms with Crippen LogP contribution >= 0.6 is 0 Å². The van der Waals surface area contributed by atoms with Crippen molar-refractivity contribution in [2.45, 2.75) is 50.5 Å². The van der Waals surface area contributed by atoms with Gasteiger partial charge in [-0.3, -0.25) is 19.3 Å². The number of esters is 1. The van der Waals surface area contributed by atoms with Gasteiger partial charge in [0, 0.05) is 17.9 Å². The highest BCUT2D eigenvalue weighted by Crippen LogP contribution is 2.61. The average molecular weight is 492 g/mol. The Hall–Kier alpha value is -3.73. The molecular weight excluding hydrogens is 462 g/mol. The fourth-order valence-electron chi connectivity index (χ4n) is 7.51. The molecule has 1 heterocycles. The van der Waals surface area contributed by atoms with Gasteiger partial charge in [0.25, 0.3) is 0 Å². The van der Waals surface area contributed by atoms with Crippen molar-refractivity contribution in [3.8, 4) is 5.75 Å². The molecule has 4 aliphatic carbocycles. The van der Waals surface area contributed by atoms with Gasteiger partial charge in [0.15, 0.2) is 0 Å². The van der Waals surface area contributed by atoms with Crippen molar-refractivity contribution in [1.82, 2.24) is 4.90 Å². The van der Waals surface area contributed by atoms with Gasteiger partial charge in [0.1, 0.15) is 5.75 Å². The molecule has 1 saturated heterocycles. The summed E-state index contributed by atoms with van der Waals surface area (Å²) in [6.45, 7) is 1.97. The summed E-state index contributed by atoms with van der Waals surface area (Å²) in [5, 5.41) is 0. The lowest BCUT2D eigenvalue weighted by Gasteiger charge is -2.45. The third-order valence-electron chi connectivity index (χ3n) is 9.09. The van der Waals surface area contributed by atoms with Crippen LogP contribution in [0.4, 0.5) is 0 Å². The van der Waals surface area contributed by atoms with Crippen LogP contribution in [0.25, 0.3) is 0 Å². The zero-order chi connectivity index (χ0) is 25.3. The first-order valence-electron chi connectivity index (χ1n) is 13.4. The van der Waals surface area contributed by atoms with E-state index in [9.17, 15) is 14.4 Å². The smallest absolute Gasteiger partial charge is 0.314 e. The number of hydrogen-bond acceptors (Lipinski definition) is 4. The molecule has 0 N–H and O–H groups in total. The van der Waals surface area contributed by atoms with Gasteiger partial charge in [-0.25, -0.2) is 0 Å². The molecule has 1 aliphatic heterocycles. The van der Waals surface area contributed by atoms with E-state index in [-0.39, 0.29) is 53.4 Å². The van der Waals surface area contributed by atoms with Crippen molar-refractivity contribution in [2.24, 2.45) is 17.8 Å². The molecule has 37 heavy (non-hydrogen) atoms. The second kappa shape index (κ2) is 8.41. The highest BCUT2D eigenvalue weighted by molar-refractivity contribution is 6.08. The topological polar surface area (TPSA) is 63.7 Å². The first-order valence-corrected chi connectivity index (χ1v) is 13.4. The quantitative estimate of drug-likeness (QED) is 0.281. The van der Waals surface area contributed by atoms with E-state index in [2.05, 4.69) is 24.3 Å². The SMILES string of the molecule is Cc1cccc(OC(=O)C2CCC(N3C(=O)[C@@H]4C5c6ccccc6C(c6ccccc65)[C@H]4C3=O)CC2)c1. The van der Waals surface area contributed by atoms with E-state index >= 15 is 0 Å². The minimum Gasteiger partial charge on any atom is -0.426 e. The van der Waals surface area contributed by atoms with E-state index < -0.39 is 0 Å². The van der Waals surface area contributed by atoms with Crippen molar-refractivity contribution in [3.05, 3.63) is 101 Å². The Morgan fingerprint density at radius 2 is 1.24 bits per heavy atom. The molecule has 5 aliphatic rings. The van der Waals surface area contributed by atoms with Crippen molar-refractivity contribution in [1.29, 1.82) is 0 Å². The standard InChI is InChI=1S/C32H29NO4/c1-18-7-6-8-21(17-18)37-32(36)19-13-15-20(16-14-19)33-30(34)28-26-22-9-2-3-10-23(22)27(29(28)31(33)35)25-12-5-4-11-24(25)26/h2-12,17,19-20,26-29H,13-16H2,1H3/t19?,20?,26?,27?,28-,29-/m1/s1. The van der Waals surface area contributed by atoms with Crippen LogP contribution in [0.3, 0.4) is 0 Å². The predicted octanol–water partition coefficient (Wildman–Crippen LogP) is 5.35. The molecule has 2 atom stereocenters. The van der Waals surface area contributed by atoms with Crippen LogP contribution in [0.5, 0.6) is 5.75 Å². The first kappa shape index (κ1) is 22.5. The second-order valence-corrected chi connectivity index (χ2v) is 11.1. The largest absolute Gasteiger partial charge is 0.426 e. The van der Waals surface area contributed by atoms with Gasteiger partial charge < -0.3 is 4.74 Å². The number of nitrogens with zero attached hydrogens (tertiary/aromatic N) is 1. The van der Waals surface area contributed by atoms with Crippen LogP contribution in [0, 0.1) is 24.7 Å². The number of likely N-dealkylation sites (tertiary alicyclic amines) is 1. The van der Waals surface area contributed by atoms with E-state index in [1.165, 1.54) is 22.3 Å². The van der Waals surface area contributed by atoms with E-state index in [0.717, 1.165) is 5.56 Å². The molecule has 0 aromatic heterocycles. The normalized spacial score (nSPS) is 29.5. The van der Waals surface area contributed by atoms with Crippen LogP contribution < -0.4 is 4.74 Å². The van der Waals surface area contributed by atoms with Crippen molar-refractivity contribution in [2.75, 3.05) is 0 Å². The fourth-order valence-corrected chi connectivity index (χ4v) is 7.51. The lowest BCUT2D eigenvalue weighted by molar-refractivity contribution is -0.144. The van der Waals surface area contributed by atoms with Gasteiger partial charge in [-0.1, -0.05) is 60.7 Å². The van der Waals surface area contributed by atoms with Crippen LogP contribution in [-0.2, 0) is 14.4 Å². The number of carbonyl (C=O) groups is 3. The zero-order valence-electron chi connectivity index (χ0n) is 20.8. The Kier molecular flexibility index (Phi) is 5.10. The van der Waals surface area contributed by atoms with Crippen molar-refractivity contribution >= 4 is 17.8 Å². The van der Waals surface area contributed by atoms with Crippen LogP contribution in [0.1, 0.15) is 65.3 Å². The summed E-state index contributed by atoms with van der Waals surface area (Å²) in [4.78, 5) is 42.3. The number of hydrogen-bond donors (Lipinski definition) is 0. The Bertz CT molecular complexity index is 1320. The maximum absolute atomic E-state index is 14.0.